The van der Waals surface area contributed by atoms with Crippen LogP contribution in [0, 0.1) is 0 Å². The minimum atomic E-state index is -4.36. The van der Waals surface area contributed by atoms with Gasteiger partial charge in [0.15, 0.2) is 11.7 Å². The van der Waals surface area contributed by atoms with Gasteiger partial charge in [-0.15, -0.1) is 0 Å². The first-order valence-corrected chi connectivity index (χ1v) is 6.09. The van der Waals surface area contributed by atoms with Crippen molar-refractivity contribution < 1.29 is 32.5 Å². The van der Waals surface area contributed by atoms with Crippen LogP contribution in [-0.2, 0) is 4.74 Å². The van der Waals surface area contributed by atoms with Gasteiger partial charge in [0.2, 0.25) is 6.23 Å². The number of H-pyrrole nitrogens is 1. The molecule has 0 aromatic carbocycles. The summed E-state index contributed by atoms with van der Waals surface area (Å²) in [5.74, 6) is -4.36. The lowest BCUT2D eigenvalue weighted by Crippen LogP contribution is -2.53. The van der Waals surface area contributed by atoms with E-state index in [2.05, 4.69) is 4.74 Å². The SMILES string of the molecule is O=c1[nH]c(=O)n(C2OC(CO)(C(F)F)C(O)C2(F)F)cc1Cl. The Morgan fingerprint density at radius 2 is 2.05 bits per heavy atom. The van der Waals surface area contributed by atoms with E-state index in [4.69, 9.17) is 16.7 Å². The number of rotatable bonds is 3. The van der Waals surface area contributed by atoms with Gasteiger partial charge in [-0.3, -0.25) is 14.3 Å². The number of hydrogen-bond acceptors (Lipinski definition) is 5. The highest BCUT2D eigenvalue weighted by atomic mass is 35.5. The van der Waals surface area contributed by atoms with Crippen LogP contribution in [0.2, 0.25) is 5.02 Å². The Hall–Kier alpha value is -1.43. The van der Waals surface area contributed by atoms with E-state index in [9.17, 15) is 32.3 Å². The van der Waals surface area contributed by atoms with Gasteiger partial charge in [0, 0.05) is 6.20 Å². The first-order valence-electron chi connectivity index (χ1n) is 5.71. The molecule has 1 aliphatic rings. The van der Waals surface area contributed by atoms with Gasteiger partial charge in [-0.1, -0.05) is 11.6 Å². The van der Waals surface area contributed by atoms with Crippen molar-refractivity contribution in [1.29, 1.82) is 0 Å². The maximum atomic E-state index is 14.0. The molecule has 0 spiro atoms. The fourth-order valence-corrected chi connectivity index (χ4v) is 2.20. The van der Waals surface area contributed by atoms with Crippen molar-refractivity contribution in [3.8, 4) is 0 Å². The number of ether oxygens (including phenoxy) is 1. The standard InChI is InChI=1S/C10H9ClF4N2O5/c11-3-1-17(8(21)16-4(3)19)7-10(14,15)5(20)9(2-18,22-7)6(12)13/h1,5-7,18,20H,2H2,(H,16,19,21). The predicted octanol–water partition coefficient (Wildman–Crippen LogP) is -0.289. The van der Waals surface area contributed by atoms with E-state index in [1.165, 1.54) is 0 Å². The number of aromatic amines is 1. The summed E-state index contributed by atoms with van der Waals surface area (Å²) in [5, 5.41) is 17.7. The number of nitrogens with one attached hydrogen (secondary N) is 1. The third kappa shape index (κ3) is 2.24. The van der Waals surface area contributed by atoms with Gasteiger partial charge in [-0.05, 0) is 0 Å². The van der Waals surface area contributed by atoms with Crippen LogP contribution in [0.5, 0.6) is 0 Å². The maximum absolute atomic E-state index is 14.0. The molecule has 3 N–H and O–H groups in total. The maximum Gasteiger partial charge on any atom is 0.330 e. The smallest absolute Gasteiger partial charge is 0.330 e. The predicted molar refractivity (Wildman–Crippen MR) is 63.2 cm³/mol. The van der Waals surface area contributed by atoms with Crippen molar-refractivity contribution >= 4 is 11.6 Å². The molecule has 2 heterocycles. The van der Waals surface area contributed by atoms with E-state index >= 15 is 0 Å². The second-order valence-corrected chi connectivity index (χ2v) is 5.01. The third-order valence-electron chi connectivity index (χ3n) is 3.28. The number of aliphatic hydroxyl groups excluding tert-OH is 2. The zero-order valence-corrected chi connectivity index (χ0v) is 11.2. The van der Waals surface area contributed by atoms with Crippen molar-refractivity contribution in [2.45, 2.75) is 30.3 Å². The second-order valence-electron chi connectivity index (χ2n) is 4.60. The summed E-state index contributed by atoms with van der Waals surface area (Å²) in [6, 6.07) is 0. The molecule has 3 unspecified atom stereocenters. The van der Waals surface area contributed by atoms with Crippen LogP contribution in [0.4, 0.5) is 17.6 Å². The van der Waals surface area contributed by atoms with Crippen LogP contribution < -0.4 is 11.2 Å². The molecule has 3 atom stereocenters. The Morgan fingerprint density at radius 1 is 1.45 bits per heavy atom. The molecule has 1 fully saturated rings. The molecular formula is C10H9ClF4N2O5. The first kappa shape index (κ1) is 16.9. The van der Waals surface area contributed by atoms with Crippen LogP contribution in [0.15, 0.2) is 15.8 Å². The fourth-order valence-electron chi connectivity index (χ4n) is 2.05. The highest BCUT2D eigenvalue weighted by Gasteiger charge is 2.70. The molecule has 1 aliphatic heterocycles. The van der Waals surface area contributed by atoms with Crippen molar-refractivity contribution in [3.63, 3.8) is 0 Å². The van der Waals surface area contributed by atoms with Gasteiger partial charge >= 0.3 is 11.6 Å². The quantitative estimate of drug-likeness (QED) is 0.651. The minimum absolute atomic E-state index is 0.0622. The number of aliphatic hydroxyl groups is 2. The zero-order chi connectivity index (χ0) is 16.9. The Kier molecular flexibility index (Phi) is 4.11. The van der Waals surface area contributed by atoms with Crippen LogP contribution in [0.1, 0.15) is 6.23 Å². The first-order chi connectivity index (χ1) is 10.1. The van der Waals surface area contributed by atoms with Crippen LogP contribution in [0.25, 0.3) is 0 Å². The number of halogens is 5. The monoisotopic (exact) mass is 348 g/mol. The largest absolute Gasteiger partial charge is 0.393 e. The van der Waals surface area contributed by atoms with Gasteiger partial charge in [0.05, 0.1) is 6.61 Å². The zero-order valence-electron chi connectivity index (χ0n) is 10.5. The fraction of sp³-hybridized carbons (Fsp3) is 0.600. The van der Waals surface area contributed by atoms with E-state index in [0.717, 1.165) is 0 Å². The molecule has 0 aliphatic carbocycles. The third-order valence-corrected chi connectivity index (χ3v) is 3.55. The van der Waals surface area contributed by atoms with Crippen LogP contribution >= 0.6 is 11.6 Å². The molecule has 0 radical (unpaired) electrons. The molecular weight excluding hydrogens is 340 g/mol. The normalized spacial score (nSPS) is 30.9. The summed E-state index contributed by atoms with van der Waals surface area (Å²) < 4.78 is 58.5. The second kappa shape index (κ2) is 5.33. The van der Waals surface area contributed by atoms with Gasteiger partial charge in [-0.25, -0.2) is 13.6 Å². The van der Waals surface area contributed by atoms with Gasteiger partial charge in [0.1, 0.15) is 5.02 Å². The van der Waals surface area contributed by atoms with Crippen molar-refractivity contribution in [2.24, 2.45) is 0 Å². The number of alkyl halides is 4. The van der Waals surface area contributed by atoms with E-state index in [1.54, 1.807) is 4.98 Å². The highest BCUT2D eigenvalue weighted by Crippen LogP contribution is 2.49. The Morgan fingerprint density at radius 3 is 2.50 bits per heavy atom. The van der Waals surface area contributed by atoms with E-state index < -0.39 is 53.2 Å². The summed E-state index contributed by atoms with van der Waals surface area (Å²) in [6.07, 6.45) is -8.98. The molecule has 1 aromatic rings. The van der Waals surface area contributed by atoms with Gasteiger partial charge in [0.25, 0.3) is 12.0 Å². The molecule has 2 rings (SSSR count). The molecule has 124 valence electrons. The molecule has 1 aromatic heterocycles. The molecule has 0 saturated carbocycles. The summed E-state index contributed by atoms with van der Waals surface area (Å²) >= 11 is 5.40. The van der Waals surface area contributed by atoms with E-state index in [0.29, 0.717) is 6.20 Å². The van der Waals surface area contributed by atoms with Crippen molar-refractivity contribution in [3.05, 3.63) is 32.1 Å². The van der Waals surface area contributed by atoms with E-state index in [-0.39, 0.29) is 4.57 Å². The van der Waals surface area contributed by atoms with Crippen LogP contribution in [0.3, 0.4) is 0 Å². The minimum Gasteiger partial charge on any atom is -0.393 e. The van der Waals surface area contributed by atoms with Crippen molar-refractivity contribution in [2.75, 3.05) is 6.61 Å². The molecule has 0 amide bonds. The van der Waals surface area contributed by atoms with Gasteiger partial charge < -0.3 is 14.9 Å². The highest BCUT2D eigenvalue weighted by molar-refractivity contribution is 6.30. The average Bonchev–Trinajstić information content (AvgIpc) is 2.63. The molecule has 22 heavy (non-hydrogen) atoms. The average molecular weight is 349 g/mol. The number of aromatic nitrogens is 2. The Balaban J connectivity index is 2.60. The van der Waals surface area contributed by atoms with E-state index in [1.807, 2.05) is 0 Å². The topological polar surface area (TPSA) is 105 Å². The molecule has 12 heteroatoms. The molecule has 7 nitrogen and oxygen atoms in total. The van der Waals surface area contributed by atoms with Crippen LogP contribution in [-0.4, -0.2) is 50.4 Å². The number of hydrogen-bond donors (Lipinski definition) is 3. The number of nitrogens with zero attached hydrogens (tertiary/aromatic N) is 1. The Labute approximate surface area is 123 Å². The lowest BCUT2D eigenvalue weighted by molar-refractivity contribution is -0.196. The Bertz CT molecular complexity index is 693. The molecule has 1 saturated heterocycles. The summed E-state index contributed by atoms with van der Waals surface area (Å²) in [7, 11) is 0. The lowest BCUT2D eigenvalue weighted by atomic mass is 9.96. The van der Waals surface area contributed by atoms with Crippen molar-refractivity contribution in [1.82, 2.24) is 9.55 Å². The van der Waals surface area contributed by atoms with Gasteiger partial charge in [-0.2, -0.15) is 8.78 Å². The summed E-state index contributed by atoms with van der Waals surface area (Å²) in [6.45, 7) is -1.62. The molecule has 0 bridgehead atoms. The summed E-state index contributed by atoms with van der Waals surface area (Å²) in [5.41, 5.74) is -5.77. The summed E-state index contributed by atoms with van der Waals surface area (Å²) in [4.78, 5) is 24.2. The lowest BCUT2D eigenvalue weighted by Gasteiger charge is -2.28.